The Bertz CT molecular complexity index is 559. The third-order valence-electron chi connectivity index (χ3n) is 1.79. The maximum absolute atomic E-state index is 10.5. The Morgan fingerprint density at radius 2 is 2.35 bits per heavy atom. The number of ether oxygens (including phenoxy) is 1. The van der Waals surface area contributed by atoms with E-state index in [1.54, 1.807) is 11.6 Å². The number of nitrogens with zero attached hydrogens (tertiary/aromatic N) is 2. The van der Waals surface area contributed by atoms with Gasteiger partial charge >= 0.3 is 6.16 Å². The Morgan fingerprint density at radius 3 is 2.94 bits per heavy atom. The Hall–Kier alpha value is -1.86. The van der Waals surface area contributed by atoms with Crippen LogP contribution in [0, 0.1) is 0 Å². The van der Waals surface area contributed by atoms with Crippen LogP contribution in [0.1, 0.15) is 0 Å². The van der Waals surface area contributed by atoms with Crippen LogP contribution < -0.4 is 10.5 Å². The summed E-state index contributed by atoms with van der Waals surface area (Å²) in [5.41, 5.74) is 6.23. The molecule has 0 fully saturated rings. The fraction of sp³-hybridized carbons (Fsp3) is 0. The summed E-state index contributed by atoms with van der Waals surface area (Å²) in [6.07, 6.45) is 0.0968. The van der Waals surface area contributed by atoms with E-state index in [0.29, 0.717) is 10.7 Å². The standard InChI is InChI=1S/C9H6ClN3O3S/c10-6-4(11)3-5(8-12-1-2-17-8)13-7(6)16-9(14)15/h1-3H,(H2,11,13)(H,14,15). The number of carbonyl (C=O) groups is 1. The highest BCUT2D eigenvalue weighted by Crippen LogP contribution is 2.33. The summed E-state index contributed by atoms with van der Waals surface area (Å²) in [5, 5.41) is 10.9. The van der Waals surface area contributed by atoms with Crippen molar-refractivity contribution in [3.8, 4) is 16.6 Å². The third-order valence-corrected chi connectivity index (χ3v) is 2.97. The maximum Gasteiger partial charge on any atom is 0.512 e. The molecule has 0 aliphatic heterocycles. The first-order chi connectivity index (χ1) is 8.08. The number of anilines is 1. The van der Waals surface area contributed by atoms with E-state index in [1.807, 2.05) is 0 Å². The number of pyridine rings is 1. The summed E-state index contributed by atoms with van der Waals surface area (Å²) in [6, 6.07) is 1.51. The first kappa shape index (κ1) is 11.6. The Morgan fingerprint density at radius 1 is 1.59 bits per heavy atom. The lowest BCUT2D eigenvalue weighted by Crippen LogP contribution is -2.06. The normalized spacial score (nSPS) is 10.2. The first-order valence-corrected chi connectivity index (χ1v) is 5.60. The molecule has 0 aliphatic carbocycles. The summed E-state index contributed by atoms with van der Waals surface area (Å²) in [7, 11) is 0. The largest absolute Gasteiger partial charge is 0.512 e. The Kier molecular flexibility index (Phi) is 3.12. The molecule has 0 saturated heterocycles. The third kappa shape index (κ3) is 2.45. The minimum atomic E-state index is -1.50. The zero-order valence-electron chi connectivity index (χ0n) is 8.25. The lowest BCUT2D eigenvalue weighted by molar-refractivity contribution is 0.142. The van der Waals surface area contributed by atoms with Gasteiger partial charge in [-0.3, -0.25) is 0 Å². The quantitative estimate of drug-likeness (QED) is 0.814. The number of nitrogens with two attached hydrogens (primary N) is 1. The molecule has 17 heavy (non-hydrogen) atoms. The van der Waals surface area contributed by atoms with Crippen LogP contribution in [0.4, 0.5) is 10.5 Å². The molecular weight excluding hydrogens is 266 g/mol. The summed E-state index contributed by atoms with van der Waals surface area (Å²) in [6.45, 7) is 0. The lowest BCUT2D eigenvalue weighted by Gasteiger charge is -2.06. The van der Waals surface area contributed by atoms with Crippen molar-refractivity contribution in [3.05, 3.63) is 22.7 Å². The van der Waals surface area contributed by atoms with Crippen LogP contribution in [0.2, 0.25) is 5.02 Å². The van der Waals surface area contributed by atoms with Crippen molar-refractivity contribution in [3.63, 3.8) is 0 Å². The molecule has 2 rings (SSSR count). The van der Waals surface area contributed by atoms with Crippen LogP contribution in [0.25, 0.3) is 10.7 Å². The fourth-order valence-corrected chi connectivity index (χ4v) is 1.87. The van der Waals surface area contributed by atoms with Gasteiger partial charge in [-0.1, -0.05) is 11.6 Å². The van der Waals surface area contributed by atoms with E-state index in [4.69, 9.17) is 22.4 Å². The second-order valence-electron chi connectivity index (χ2n) is 2.92. The molecule has 0 saturated carbocycles. The van der Waals surface area contributed by atoms with Crippen LogP contribution in [-0.4, -0.2) is 21.2 Å². The smallest absolute Gasteiger partial charge is 0.449 e. The van der Waals surface area contributed by atoms with E-state index >= 15 is 0 Å². The second-order valence-corrected chi connectivity index (χ2v) is 4.19. The molecule has 0 aromatic carbocycles. The van der Waals surface area contributed by atoms with Gasteiger partial charge in [-0.2, -0.15) is 0 Å². The van der Waals surface area contributed by atoms with Crippen molar-refractivity contribution >= 4 is 34.8 Å². The average Bonchev–Trinajstić information content (AvgIpc) is 2.77. The van der Waals surface area contributed by atoms with Crippen molar-refractivity contribution in [1.82, 2.24) is 9.97 Å². The molecule has 3 N–H and O–H groups in total. The van der Waals surface area contributed by atoms with Crippen molar-refractivity contribution < 1.29 is 14.6 Å². The van der Waals surface area contributed by atoms with Gasteiger partial charge in [0.2, 0.25) is 5.88 Å². The van der Waals surface area contributed by atoms with E-state index in [1.165, 1.54) is 17.4 Å². The summed E-state index contributed by atoms with van der Waals surface area (Å²) < 4.78 is 4.43. The summed E-state index contributed by atoms with van der Waals surface area (Å²) in [5.74, 6) is -0.246. The van der Waals surface area contributed by atoms with Crippen LogP contribution in [0.15, 0.2) is 17.6 Å². The number of aromatic nitrogens is 2. The molecule has 88 valence electrons. The molecule has 2 heterocycles. The predicted octanol–water partition coefficient (Wildman–Crippen LogP) is 2.50. The van der Waals surface area contributed by atoms with Gasteiger partial charge in [-0.15, -0.1) is 11.3 Å². The number of carboxylic acid groups (broad SMARTS) is 1. The van der Waals surface area contributed by atoms with Crippen LogP contribution in [-0.2, 0) is 0 Å². The van der Waals surface area contributed by atoms with Crippen molar-refractivity contribution in [2.24, 2.45) is 0 Å². The van der Waals surface area contributed by atoms with E-state index in [-0.39, 0.29) is 16.6 Å². The number of hydrogen-bond acceptors (Lipinski definition) is 6. The maximum atomic E-state index is 10.5. The predicted molar refractivity (Wildman–Crippen MR) is 63.4 cm³/mol. The molecule has 0 bridgehead atoms. The van der Waals surface area contributed by atoms with Gasteiger partial charge in [0.25, 0.3) is 0 Å². The minimum Gasteiger partial charge on any atom is -0.449 e. The fourth-order valence-electron chi connectivity index (χ4n) is 1.13. The van der Waals surface area contributed by atoms with Crippen LogP contribution in [0.5, 0.6) is 5.88 Å². The molecule has 0 amide bonds. The molecule has 0 spiro atoms. The molecular formula is C9H6ClN3O3S. The molecule has 2 aromatic heterocycles. The molecule has 0 unspecified atom stereocenters. The highest BCUT2D eigenvalue weighted by Gasteiger charge is 2.15. The van der Waals surface area contributed by atoms with Crippen molar-refractivity contribution in [1.29, 1.82) is 0 Å². The SMILES string of the molecule is Nc1cc(-c2nccs2)nc(OC(=O)O)c1Cl. The molecule has 6 nitrogen and oxygen atoms in total. The molecule has 0 radical (unpaired) electrons. The minimum absolute atomic E-state index is 0.0345. The van der Waals surface area contributed by atoms with E-state index in [2.05, 4.69) is 14.7 Å². The highest BCUT2D eigenvalue weighted by atomic mass is 35.5. The van der Waals surface area contributed by atoms with E-state index < -0.39 is 6.16 Å². The van der Waals surface area contributed by atoms with E-state index in [0.717, 1.165) is 0 Å². The zero-order valence-corrected chi connectivity index (χ0v) is 9.83. The van der Waals surface area contributed by atoms with Crippen molar-refractivity contribution in [2.45, 2.75) is 0 Å². The molecule has 8 heteroatoms. The number of thiazole rings is 1. The molecule has 0 aliphatic rings. The Balaban J connectivity index is 2.49. The first-order valence-electron chi connectivity index (χ1n) is 4.34. The van der Waals surface area contributed by atoms with Crippen LogP contribution >= 0.6 is 22.9 Å². The number of rotatable bonds is 2. The zero-order chi connectivity index (χ0) is 12.4. The highest BCUT2D eigenvalue weighted by molar-refractivity contribution is 7.13. The van der Waals surface area contributed by atoms with Gasteiger partial charge in [-0.05, 0) is 6.07 Å². The van der Waals surface area contributed by atoms with Crippen molar-refractivity contribution in [2.75, 3.05) is 5.73 Å². The van der Waals surface area contributed by atoms with Gasteiger partial charge in [0.1, 0.15) is 15.7 Å². The Labute approximate surface area is 105 Å². The van der Waals surface area contributed by atoms with E-state index in [9.17, 15) is 4.79 Å². The molecule has 0 atom stereocenters. The average molecular weight is 272 g/mol. The number of hydrogen-bond donors (Lipinski definition) is 2. The lowest BCUT2D eigenvalue weighted by atomic mass is 10.3. The van der Waals surface area contributed by atoms with Gasteiger partial charge in [0.15, 0.2) is 0 Å². The van der Waals surface area contributed by atoms with Crippen LogP contribution in [0.3, 0.4) is 0 Å². The molecule has 2 aromatic rings. The summed E-state index contributed by atoms with van der Waals surface area (Å²) >= 11 is 7.12. The van der Waals surface area contributed by atoms with Gasteiger partial charge in [-0.25, -0.2) is 14.8 Å². The van der Waals surface area contributed by atoms with Gasteiger partial charge < -0.3 is 15.6 Å². The summed E-state index contributed by atoms with van der Waals surface area (Å²) in [4.78, 5) is 18.4. The monoisotopic (exact) mass is 271 g/mol. The number of nitrogen functional groups attached to an aromatic ring is 1. The topological polar surface area (TPSA) is 98.3 Å². The van der Waals surface area contributed by atoms with Gasteiger partial charge in [0.05, 0.1) is 5.69 Å². The number of halogens is 1. The van der Waals surface area contributed by atoms with Gasteiger partial charge in [0, 0.05) is 11.6 Å². The second kappa shape index (κ2) is 4.56.